The predicted molar refractivity (Wildman–Crippen MR) is 138 cm³/mol. The van der Waals surface area contributed by atoms with Crippen LogP contribution in [0.4, 0.5) is 29.3 Å². The van der Waals surface area contributed by atoms with E-state index in [0.29, 0.717) is 32.1 Å². The fraction of sp³-hybridized carbons (Fsp3) is 0.259. The highest BCUT2D eigenvalue weighted by Crippen LogP contribution is 2.34. The summed E-state index contributed by atoms with van der Waals surface area (Å²) < 4.78 is 51.5. The minimum atomic E-state index is -4.50. The SMILES string of the molecule is COCCOCCOn1cc(-c2ccc(NC(=O)Nc3ccc(C)c(C(F)(F)F)c3)cc2)c2cnccc21. The van der Waals surface area contributed by atoms with Crippen molar-refractivity contribution in [2.75, 3.05) is 44.2 Å². The van der Waals surface area contributed by atoms with E-state index >= 15 is 0 Å². The molecule has 0 unspecified atom stereocenters. The van der Waals surface area contributed by atoms with Crippen molar-refractivity contribution < 1.29 is 32.3 Å². The van der Waals surface area contributed by atoms with Gasteiger partial charge in [0.1, 0.15) is 6.61 Å². The lowest BCUT2D eigenvalue weighted by Gasteiger charge is -2.13. The zero-order valence-corrected chi connectivity index (χ0v) is 20.8. The van der Waals surface area contributed by atoms with Gasteiger partial charge < -0.3 is 24.9 Å². The zero-order valence-electron chi connectivity index (χ0n) is 20.8. The summed E-state index contributed by atoms with van der Waals surface area (Å²) in [6.07, 6.45) is 0.774. The first-order chi connectivity index (χ1) is 18.3. The molecule has 0 radical (unpaired) electrons. The van der Waals surface area contributed by atoms with Crippen molar-refractivity contribution in [3.63, 3.8) is 0 Å². The van der Waals surface area contributed by atoms with Gasteiger partial charge in [0.15, 0.2) is 0 Å². The minimum absolute atomic E-state index is 0.0430. The van der Waals surface area contributed by atoms with Crippen molar-refractivity contribution in [3.8, 4) is 11.1 Å². The summed E-state index contributed by atoms with van der Waals surface area (Å²) in [6.45, 7) is 3.12. The van der Waals surface area contributed by atoms with E-state index in [9.17, 15) is 18.0 Å². The Kier molecular flexibility index (Phi) is 8.49. The van der Waals surface area contributed by atoms with Crippen molar-refractivity contribution in [1.29, 1.82) is 0 Å². The van der Waals surface area contributed by atoms with Crippen LogP contribution < -0.4 is 15.5 Å². The lowest BCUT2D eigenvalue weighted by Crippen LogP contribution is -2.20. The number of hydrogen-bond acceptors (Lipinski definition) is 5. The van der Waals surface area contributed by atoms with Crippen molar-refractivity contribution >= 4 is 28.3 Å². The summed E-state index contributed by atoms with van der Waals surface area (Å²) in [5.41, 5.74) is 2.38. The molecule has 2 aromatic heterocycles. The van der Waals surface area contributed by atoms with Crippen LogP contribution in [0.2, 0.25) is 0 Å². The maximum Gasteiger partial charge on any atom is 0.416 e. The largest absolute Gasteiger partial charge is 0.416 e. The van der Waals surface area contributed by atoms with Gasteiger partial charge in [0, 0.05) is 41.8 Å². The van der Waals surface area contributed by atoms with Crippen molar-refractivity contribution in [2.24, 2.45) is 0 Å². The molecule has 0 bridgehead atoms. The van der Waals surface area contributed by atoms with Gasteiger partial charge in [-0.15, -0.1) is 0 Å². The molecule has 0 saturated carbocycles. The molecule has 2 aromatic carbocycles. The number of halogens is 3. The summed E-state index contributed by atoms with van der Waals surface area (Å²) in [5, 5.41) is 5.96. The van der Waals surface area contributed by atoms with Gasteiger partial charge in [0.2, 0.25) is 0 Å². The third kappa shape index (κ3) is 6.61. The van der Waals surface area contributed by atoms with Gasteiger partial charge in [0.05, 0.1) is 37.1 Å². The molecule has 0 spiro atoms. The second kappa shape index (κ2) is 12.0. The van der Waals surface area contributed by atoms with E-state index in [0.717, 1.165) is 28.1 Å². The number of nitrogens with one attached hydrogen (secondary N) is 2. The summed E-state index contributed by atoms with van der Waals surface area (Å²) >= 11 is 0. The van der Waals surface area contributed by atoms with Crippen LogP contribution >= 0.6 is 0 Å². The first kappa shape index (κ1) is 27.0. The van der Waals surface area contributed by atoms with Crippen molar-refractivity contribution in [2.45, 2.75) is 13.1 Å². The molecule has 11 heteroatoms. The van der Waals surface area contributed by atoms with E-state index in [-0.39, 0.29) is 11.3 Å². The number of carbonyl (C=O) groups excluding carboxylic acids is 1. The van der Waals surface area contributed by atoms with Crippen LogP contribution in [0.1, 0.15) is 11.1 Å². The van der Waals surface area contributed by atoms with Crippen LogP contribution in [-0.4, -0.2) is 49.3 Å². The molecule has 0 saturated heterocycles. The number of anilines is 2. The summed E-state index contributed by atoms with van der Waals surface area (Å²) in [5.74, 6) is 0. The number of amides is 2. The first-order valence-electron chi connectivity index (χ1n) is 11.8. The summed E-state index contributed by atoms with van der Waals surface area (Å²) in [7, 11) is 1.61. The van der Waals surface area contributed by atoms with Crippen LogP contribution in [-0.2, 0) is 15.7 Å². The lowest BCUT2D eigenvalue weighted by atomic mass is 10.1. The van der Waals surface area contributed by atoms with E-state index in [1.807, 2.05) is 24.4 Å². The monoisotopic (exact) mass is 528 g/mol. The smallest absolute Gasteiger partial charge is 0.411 e. The Balaban J connectivity index is 1.43. The Hall–Kier alpha value is -4.09. The number of benzene rings is 2. The average Bonchev–Trinajstić information content (AvgIpc) is 3.26. The van der Waals surface area contributed by atoms with Gasteiger partial charge in [-0.2, -0.15) is 17.9 Å². The van der Waals surface area contributed by atoms with Crippen molar-refractivity contribution in [3.05, 3.63) is 78.2 Å². The Bertz CT molecular complexity index is 1390. The highest BCUT2D eigenvalue weighted by atomic mass is 19.4. The summed E-state index contributed by atoms with van der Waals surface area (Å²) in [4.78, 5) is 22.5. The minimum Gasteiger partial charge on any atom is -0.411 e. The number of hydrogen-bond donors (Lipinski definition) is 2. The van der Waals surface area contributed by atoms with E-state index in [2.05, 4.69) is 15.6 Å². The Morgan fingerprint density at radius 1 is 0.974 bits per heavy atom. The number of ether oxygens (including phenoxy) is 2. The number of urea groups is 1. The molecule has 2 amide bonds. The molecule has 2 heterocycles. The number of alkyl halides is 3. The fourth-order valence-electron chi connectivity index (χ4n) is 3.85. The summed E-state index contributed by atoms with van der Waals surface area (Å²) in [6, 6.07) is 11.9. The number of nitrogens with zero attached hydrogens (tertiary/aromatic N) is 2. The number of methoxy groups -OCH3 is 1. The molecule has 0 aliphatic heterocycles. The maximum atomic E-state index is 13.2. The lowest BCUT2D eigenvalue weighted by molar-refractivity contribution is -0.138. The van der Waals surface area contributed by atoms with Gasteiger partial charge in [0.25, 0.3) is 0 Å². The quantitative estimate of drug-likeness (QED) is 0.256. The van der Waals surface area contributed by atoms with E-state index in [1.54, 1.807) is 36.4 Å². The molecule has 0 fully saturated rings. The van der Waals surface area contributed by atoms with Gasteiger partial charge in [-0.05, 0) is 48.4 Å². The zero-order chi connectivity index (χ0) is 27.1. The Labute approximate surface area is 217 Å². The molecule has 200 valence electrons. The first-order valence-corrected chi connectivity index (χ1v) is 11.8. The molecule has 8 nitrogen and oxygen atoms in total. The number of carbonyl (C=O) groups is 1. The van der Waals surface area contributed by atoms with Gasteiger partial charge >= 0.3 is 12.2 Å². The second-order valence-electron chi connectivity index (χ2n) is 8.38. The van der Waals surface area contributed by atoms with Gasteiger partial charge in [-0.1, -0.05) is 18.2 Å². The number of aromatic nitrogens is 2. The molecule has 2 N–H and O–H groups in total. The average molecular weight is 529 g/mol. The molecular formula is C27H27F3N4O4. The normalized spacial score (nSPS) is 11.5. The fourth-order valence-corrected chi connectivity index (χ4v) is 3.85. The van der Waals surface area contributed by atoms with Gasteiger partial charge in [-0.25, -0.2) is 4.79 Å². The Morgan fingerprint density at radius 3 is 2.42 bits per heavy atom. The van der Waals surface area contributed by atoms with Crippen molar-refractivity contribution in [1.82, 2.24) is 9.71 Å². The topological polar surface area (TPSA) is 86.6 Å². The molecule has 38 heavy (non-hydrogen) atoms. The van der Waals surface area contributed by atoms with Crippen LogP contribution in [0, 0.1) is 6.92 Å². The predicted octanol–water partition coefficient (Wildman–Crippen LogP) is 5.77. The molecule has 4 aromatic rings. The van der Waals surface area contributed by atoms with Crippen LogP contribution in [0.5, 0.6) is 0 Å². The van der Waals surface area contributed by atoms with Gasteiger partial charge in [-0.3, -0.25) is 4.98 Å². The highest BCUT2D eigenvalue weighted by molar-refractivity contribution is 6.00. The van der Waals surface area contributed by atoms with Crippen LogP contribution in [0.15, 0.2) is 67.1 Å². The van der Waals surface area contributed by atoms with Crippen LogP contribution in [0.25, 0.3) is 22.0 Å². The standard InChI is InChI=1S/C27H27F3N4O4/c1-18-3-6-21(15-24(18)27(28,29)30)33-26(35)32-20-7-4-19(5-8-20)23-17-34(25-9-10-31-16-22(23)25)38-14-13-37-12-11-36-2/h3-10,15-17H,11-14H2,1-2H3,(H2,32,33,35). The Morgan fingerprint density at radius 2 is 1.68 bits per heavy atom. The second-order valence-corrected chi connectivity index (χ2v) is 8.38. The number of fused-ring (bicyclic) bond motifs is 1. The molecule has 0 aliphatic carbocycles. The number of aryl methyl sites for hydroxylation is 1. The third-order valence-corrected chi connectivity index (χ3v) is 5.72. The molecule has 0 aliphatic rings. The molecule has 0 atom stereocenters. The van der Waals surface area contributed by atoms with Crippen LogP contribution in [0.3, 0.4) is 0 Å². The van der Waals surface area contributed by atoms with E-state index in [1.165, 1.54) is 19.1 Å². The molecular weight excluding hydrogens is 501 g/mol. The maximum absolute atomic E-state index is 13.2. The van der Waals surface area contributed by atoms with E-state index < -0.39 is 17.8 Å². The van der Waals surface area contributed by atoms with E-state index in [4.69, 9.17) is 14.3 Å². The molecule has 4 rings (SSSR count). The number of rotatable bonds is 10. The number of pyridine rings is 1. The third-order valence-electron chi connectivity index (χ3n) is 5.72. The highest BCUT2D eigenvalue weighted by Gasteiger charge is 2.32.